The first kappa shape index (κ1) is 8.58. The van der Waals surface area contributed by atoms with Crippen molar-refractivity contribution in [3.8, 4) is 0 Å². The van der Waals surface area contributed by atoms with Crippen LogP contribution in [0.2, 0.25) is 9.63 Å². The minimum atomic E-state index is 0.209. The van der Waals surface area contributed by atoms with Crippen molar-refractivity contribution in [2.45, 2.75) is 28.1 Å². The molecule has 6 atom stereocenters. The van der Waals surface area contributed by atoms with Crippen molar-refractivity contribution in [2.75, 3.05) is 0 Å². The van der Waals surface area contributed by atoms with Crippen LogP contribution < -0.4 is 0 Å². The summed E-state index contributed by atoms with van der Waals surface area (Å²) in [5.74, 6) is 1.02. The summed E-state index contributed by atoms with van der Waals surface area (Å²) in [4.78, 5) is 29.3. The fraction of sp³-hybridized carbons (Fsp3) is 0.778. The van der Waals surface area contributed by atoms with Crippen LogP contribution in [0.15, 0.2) is 9.98 Å². The Balaban J connectivity index is 1.91. The predicted molar refractivity (Wildman–Crippen MR) is 48.7 cm³/mol. The van der Waals surface area contributed by atoms with Crippen LogP contribution in [0.3, 0.4) is 0 Å². The normalized spacial score (nSPS) is 51.7. The first-order valence-electron chi connectivity index (χ1n) is 4.66. The summed E-state index contributed by atoms with van der Waals surface area (Å²) in [5.41, 5.74) is 0. The molecule has 2 saturated carbocycles. The van der Waals surface area contributed by atoms with E-state index < -0.39 is 0 Å². The van der Waals surface area contributed by atoms with E-state index in [9.17, 15) is 9.59 Å². The van der Waals surface area contributed by atoms with E-state index in [4.69, 9.17) is 0 Å². The summed E-state index contributed by atoms with van der Waals surface area (Å²) >= 11 is 0.517. The Morgan fingerprint density at radius 1 is 1.00 bits per heavy atom. The van der Waals surface area contributed by atoms with Gasteiger partial charge in [-0.15, -0.1) is 0 Å². The van der Waals surface area contributed by atoms with Gasteiger partial charge in [0.25, 0.3) is 0 Å². The number of aliphatic imine (C=N–C) groups is 2. The third kappa shape index (κ3) is 0.858. The van der Waals surface area contributed by atoms with Crippen LogP contribution in [0.4, 0.5) is 0 Å². The summed E-state index contributed by atoms with van der Waals surface area (Å²) in [6.45, 7) is 0. The molecule has 2 aliphatic carbocycles. The van der Waals surface area contributed by atoms with Crippen molar-refractivity contribution >= 4 is 27.1 Å². The third-order valence-electron chi connectivity index (χ3n) is 3.66. The molecule has 0 spiro atoms. The molecule has 0 radical (unpaired) electrons. The topological polar surface area (TPSA) is 58.9 Å². The van der Waals surface area contributed by atoms with Gasteiger partial charge in [0, 0.05) is 0 Å². The maximum absolute atomic E-state index is 10.2. The quantitative estimate of drug-likeness (QED) is 0.406. The van der Waals surface area contributed by atoms with E-state index in [0.717, 1.165) is 6.42 Å². The molecule has 6 unspecified atom stereocenters. The molecule has 0 N–H and O–H groups in total. The van der Waals surface area contributed by atoms with Gasteiger partial charge in [-0.3, -0.25) is 0 Å². The second-order valence-corrected chi connectivity index (χ2v) is 6.91. The first-order valence-corrected chi connectivity index (χ1v) is 6.64. The molecule has 2 aliphatic heterocycles. The molecule has 4 rings (SSSR count). The van der Waals surface area contributed by atoms with Crippen LogP contribution >= 0.6 is 0 Å². The van der Waals surface area contributed by atoms with Gasteiger partial charge in [-0.05, 0) is 0 Å². The predicted octanol–water partition coefficient (Wildman–Crippen LogP) is 0.340. The average Bonchev–Trinajstić information content (AvgIpc) is 2.86. The van der Waals surface area contributed by atoms with Crippen molar-refractivity contribution in [1.29, 1.82) is 0 Å². The van der Waals surface area contributed by atoms with Crippen LogP contribution in [0.5, 0.6) is 0 Å². The van der Waals surface area contributed by atoms with Crippen LogP contribution in [0.25, 0.3) is 0 Å². The number of rotatable bonds is 2. The number of isocyanates is 2. The SMILES string of the molecule is O=C=NC1C2CC3C(N=C=O)C2[Se]C31. The molecule has 0 amide bonds. The van der Waals surface area contributed by atoms with Gasteiger partial charge in [0.2, 0.25) is 0 Å². The average molecular weight is 255 g/mol. The number of hydrogen-bond acceptors (Lipinski definition) is 4. The molecule has 2 saturated heterocycles. The standard InChI is InChI=1S/C9H8N2O2Se/c12-2-10-6-4-1-5-7(11-3-13)9(4)14-8(5)6/h4-9H,1H2. The second kappa shape index (κ2) is 2.88. The second-order valence-electron chi connectivity index (χ2n) is 4.05. The molecule has 4 aliphatic rings. The summed E-state index contributed by atoms with van der Waals surface area (Å²) in [7, 11) is 0. The molecule has 14 heavy (non-hydrogen) atoms. The van der Waals surface area contributed by atoms with E-state index in [1.165, 1.54) is 0 Å². The third-order valence-corrected chi connectivity index (χ3v) is 7.61. The van der Waals surface area contributed by atoms with Crippen LogP contribution in [-0.2, 0) is 9.59 Å². The van der Waals surface area contributed by atoms with Gasteiger partial charge in [-0.1, -0.05) is 0 Å². The molecule has 4 nitrogen and oxygen atoms in total. The van der Waals surface area contributed by atoms with Crippen molar-refractivity contribution in [2.24, 2.45) is 21.8 Å². The zero-order valence-corrected chi connectivity index (χ0v) is 9.00. The van der Waals surface area contributed by atoms with E-state index >= 15 is 0 Å². The van der Waals surface area contributed by atoms with E-state index in [-0.39, 0.29) is 12.1 Å². The molecule has 4 bridgehead atoms. The van der Waals surface area contributed by atoms with Gasteiger partial charge >= 0.3 is 86.7 Å². The van der Waals surface area contributed by atoms with Crippen molar-refractivity contribution in [1.82, 2.24) is 0 Å². The Morgan fingerprint density at radius 2 is 1.50 bits per heavy atom. The van der Waals surface area contributed by atoms with E-state index in [0.29, 0.717) is 36.4 Å². The summed E-state index contributed by atoms with van der Waals surface area (Å²) in [6, 6.07) is 0.418. The molecule has 0 aromatic heterocycles. The fourth-order valence-corrected chi connectivity index (χ4v) is 7.78. The van der Waals surface area contributed by atoms with Gasteiger partial charge in [-0.25, -0.2) is 0 Å². The monoisotopic (exact) mass is 256 g/mol. The number of hydrogen-bond donors (Lipinski definition) is 0. The van der Waals surface area contributed by atoms with E-state index in [1.54, 1.807) is 12.2 Å². The Labute approximate surface area is 87.0 Å². The van der Waals surface area contributed by atoms with Crippen LogP contribution in [-0.4, -0.2) is 39.2 Å². The Bertz CT molecular complexity index is 321. The van der Waals surface area contributed by atoms with E-state index in [1.807, 2.05) is 0 Å². The number of carbonyl (C=O) groups excluding carboxylic acids is 2. The van der Waals surface area contributed by atoms with E-state index in [2.05, 4.69) is 9.98 Å². The Hall–Kier alpha value is -0.721. The Kier molecular flexibility index (Phi) is 1.77. The molecule has 2 heterocycles. The molecule has 0 aromatic rings. The van der Waals surface area contributed by atoms with Gasteiger partial charge in [0.1, 0.15) is 0 Å². The van der Waals surface area contributed by atoms with Crippen molar-refractivity contribution in [3.63, 3.8) is 0 Å². The van der Waals surface area contributed by atoms with Crippen molar-refractivity contribution < 1.29 is 9.59 Å². The summed E-state index contributed by atoms with van der Waals surface area (Å²) in [5, 5.41) is 0. The zero-order chi connectivity index (χ0) is 9.71. The first-order chi connectivity index (χ1) is 6.86. The molecular weight excluding hydrogens is 247 g/mol. The molecular formula is C9H8N2O2Se. The van der Waals surface area contributed by atoms with Gasteiger partial charge < -0.3 is 0 Å². The molecule has 0 aromatic carbocycles. The maximum atomic E-state index is 10.2. The van der Waals surface area contributed by atoms with Crippen LogP contribution in [0, 0.1) is 11.8 Å². The van der Waals surface area contributed by atoms with Gasteiger partial charge in [0.05, 0.1) is 0 Å². The van der Waals surface area contributed by atoms with Gasteiger partial charge in [0.15, 0.2) is 0 Å². The van der Waals surface area contributed by atoms with Crippen molar-refractivity contribution in [3.05, 3.63) is 0 Å². The van der Waals surface area contributed by atoms with Gasteiger partial charge in [-0.2, -0.15) is 0 Å². The molecule has 4 fully saturated rings. The summed E-state index contributed by atoms with van der Waals surface area (Å²) in [6.07, 6.45) is 4.45. The number of nitrogens with zero attached hydrogens (tertiary/aromatic N) is 2. The molecule has 72 valence electrons. The molecule has 5 heteroatoms. The summed E-state index contributed by atoms with van der Waals surface area (Å²) < 4.78 is 0. The zero-order valence-electron chi connectivity index (χ0n) is 7.29. The minimum absolute atomic E-state index is 0.209. The fourth-order valence-electron chi connectivity index (χ4n) is 3.25. The van der Waals surface area contributed by atoms with Crippen LogP contribution in [0.1, 0.15) is 6.42 Å². The Morgan fingerprint density at radius 3 is 1.79 bits per heavy atom.